The first kappa shape index (κ1) is 18.7. The molecule has 1 aliphatic rings. The van der Waals surface area contributed by atoms with Gasteiger partial charge in [-0.15, -0.1) is 10.2 Å². The Morgan fingerprint density at radius 1 is 1.21 bits per heavy atom. The summed E-state index contributed by atoms with van der Waals surface area (Å²) in [4.78, 5) is 18.8. The van der Waals surface area contributed by atoms with Crippen LogP contribution in [0.4, 0.5) is 5.69 Å². The number of hydrogen-bond acceptors (Lipinski definition) is 6. The largest absolute Gasteiger partial charge is 0.447 e. The first-order chi connectivity index (χ1) is 13.5. The van der Waals surface area contributed by atoms with Crippen LogP contribution in [0, 0.1) is 6.92 Å². The number of thioether (sulfide) groups is 1. The fourth-order valence-corrected chi connectivity index (χ4v) is 3.68. The third-order valence-electron chi connectivity index (χ3n) is 4.42. The molecule has 0 fully saturated rings. The Bertz CT molecular complexity index is 1080. The van der Waals surface area contributed by atoms with Crippen LogP contribution < -0.4 is 9.64 Å². The maximum atomic E-state index is 12.7. The van der Waals surface area contributed by atoms with Gasteiger partial charge in [-0.1, -0.05) is 47.1 Å². The average Bonchev–Trinajstić information content (AvgIpc) is 2.81. The fourth-order valence-electron chi connectivity index (χ4n) is 3.18. The van der Waals surface area contributed by atoms with Crippen molar-refractivity contribution >= 4 is 35.0 Å². The second-order valence-corrected chi connectivity index (χ2v) is 7.60. The highest BCUT2D eigenvalue weighted by molar-refractivity contribution is 7.98. The lowest BCUT2D eigenvalue weighted by atomic mass is 10.0. The Morgan fingerprint density at radius 2 is 2.04 bits per heavy atom. The number of fused-ring (bicyclic) bond motifs is 3. The van der Waals surface area contributed by atoms with E-state index < -0.39 is 6.23 Å². The molecule has 2 aromatic carbocycles. The molecule has 0 N–H and O–H groups in total. The van der Waals surface area contributed by atoms with Gasteiger partial charge in [0, 0.05) is 23.1 Å². The van der Waals surface area contributed by atoms with E-state index in [1.165, 1.54) is 18.7 Å². The Balaban J connectivity index is 2.00. The molecule has 1 amide bonds. The molecule has 0 saturated heterocycles. The standard InChI is InChI=1S/C20H17ClN4O2S/c1-11-7-8-16-15(9-11)17-18(22-20(28-3)24-23-17)27-19(25(16)12(2)26)13-5-4-6-14(21)10-13/h4-10,19H,1-3H3. The number of aryl methyl sites for hydroxylation is 1. The summed E-state index contributed by atoms with van der Waals surface area (Å²) in [6.45, 7) is 3.49. The van der Waals surface area contributed by atoms with E-state index in [1.54, 1.807) is 17.0 Å². The van der Waals surface area contributed by atoms with Crippen LogP contribution in [0.3, 0.4) is 0 Å². The van der Waals surface area contributed by atoms with Gasteiger partial charge in [-0.2, -0.15) is 4.98 Å². The minimum Gasteiger partial charge on any atom is -0.447 e. The van der Waals surface area contributed by atoms with Gasteiger partial charge in [-0.25, -0.2) is 0 Å². The molecule has 1 aliphatic heterocycles. The molecule has 142 valence electrons. The SMILES string of the molecule is CSc1nnc2c(n1)OC(c1cccc(Cl)c1)N(C(C)=O)c1ccc(C)cc1-2. The van der Waals surface area contributed by atoms with E-state index in [0.29, 0.717) is 27.4 Å². The van der Waals surface area contributed by atoms with Crippen molar-refractivity contribution in [2.45, 2.75) is 25.2 Å². The number of amides is 1. The zero-order chi connectivity index (χ0) is 19.8. The Labute approximate surface area is 171 Å². The summed E-state index contributed by atoms with van der Waals surface area (Å²) >= 11 is 7.57. The lowest BCUT2D eigenvalue weighted by Gasteiger charge is -2.30. The molecule has 28 heavy (non-hydrogen) atoms. The number of ether oxygens (including phenoxy) is 1. The summed E-state index contributed by atoms with van der Waals surface area (Å²) < 4.78 is 6.26. The molecule has 0 radical (unpaired) electrons. The molecule has 0 spiro atoms. The molecule has 3 aromatic rings. The maximum Gasteiger partial charge on any atom is 0.247 e. The zero-order valence-corrected chi connectivity index (χ0v) is 17.1. The van der Waals surface area contributed by atoms with Crippen molar-refractivity contribution < 1.29 is 9.53 Å². The van der Waals surface area contributed by atoms with E-state index in [4.69, 9.17) is 16.3 Å². The van der Waals surface area contributed by atoms with Crippen molar-refractivity contribution in [3.05, 3.63) is 58.6 Å². The van der Waals surface area contributed by atoms with Crippen molar-refractivity contribution in [2.75, 3.05) is 11.2 Å². The minimum absolute atomic E-state index is 0.166. The van der Waals surface area contributed by atoms with Crippen LogP contribution in [0.5, 0.6) is 5.88 Å². The molecule has 1 aromatic heterocycles. The van der Waals surface area contributed by atoms with Crippen LogP contribution in [0.15, 0.2) is 47.6 Å². The Morgan fingerprint density at radius 3 is 2.75 bits per heavy atom. The smallest absolute Gasteiger partial charge is 0.247 e. The van der Waals surface area contributed by atoms with Gasteiger partial charge in [0.1, 0.15) is 0 Å². The Kier molecular flexibility index (Phi) is 4.95. The van der Waals surface area contributed by atoms with Crippen molar-refractivity contribution in [1.29, 1.82) is 0 Å². The van der Waals surface area contributed by atoms with Crippen molar-refractivity contribution in [1.82, 2.24) is 15.2 Å². The fraction of sp³-hybridized carbons (Fsp3) is 0.200. The van der Waals surface area contributed by atoms with Crippen LogP contribution in [0.25, 0.3) is 11.3 Å². The van der Waals surface area contributed by atoms with Crippen molar-refractivity contribution in [3.8, 4) is 17.1 Å². The topological polar surface area (TPSA) is 68.2 Å². The van der Waals surface area contributed by atoms with Crippen LogP contribution in [-0.4, -0.2) is 27.3 Å². The average molecular weight is 413 g/mol. The molecule has 1 unspecified atom stereocenters. The third kappa shape index (κ3) is 3.31. The summed E-state index contributed by atoms with van der Waals surface area (Å²) in [7, 11) is 0. The number of halogens is 1. The number of anilines is 1. The summed E-state index contributed by atoms with van der Waals surface area (Å²) in [5.41, 5.74) is 3.72. The number of aromatic nitrogens is 3. The molecule has 0 bridgehead atoms. The van der Waals surface area contributed by atoms with E-state index in [9.17, 15) is 4.79 Å². The molecule has 0 saturated carbocycles. The van der Waals surface area contributed by atoms with Gasteiger partial charge in [0.25, 0.3) is 0 Å². The molecule has 2 heterocycles. The van der Waals surface area contributed by atoms with E-state index in [0.717, 1.165) is 16.7 Å². The molecular formula is C20H17ClN4O2S. The van der Waals surface area contributed by atoms with E-state index in [1.807, 2.05) is 43.5 Å². The van der Waals surface area contributed by atoms with Gasteiger partial charge < -0.3 is 4.74 Å². The molecule has 1 atom stereocenters. The highest BCUT2D eigenvalue weighted by atomic mass is 35.5. The lowest BCUT2D eigenvalue weighted by Crippen LogP contribution is -2.36. The Hall–Kier alpha value is -2.64. The minimum atomic E-state index is -0.731. The van der Waals surface area contributed by atoms with Crippen LogP contribution >= 0.6 is 23.4 Å². The maximum absolute atomic E-state index is 12.7. The van der Waals surface area contributed by atoms with Gasteiger partial charge in [0.05, 0.1) is 5.69 Å². The van der Waals surface area contributed by atoms with Crippen LogP contribution in [0.2, 0.25) is 5.02 Å². The van der Waals surface area contributed by atoms with E-state index in [-0.39, 0.29) is 5.91 Å². The quantitative estimate of drug-likeness (QED) is 0.570. The second-order valence-electron chi connectivity index (χ2n) is 6.39. The number of nitrogens with zero attached hydrogens (tertiary/aromatic N) is 4. The lowest BCUT2D eigenvalue weighted by molar-refractivity contribution is -0.118. The summed E-state index contributed by atoms with van der Waals surface area (Å²) in [5.74, 6) is 0.167. The highest BCUT2D eigenvalue weighted by Crippen LogP contribution is 2.43. The monoisotopic (exact) mass is 412 g/mol. The van der Waals surface area contributed by atoms with E-state index in [2.05, 4.69) is 15.2 Å². The van der Waals surface area contributed by atoms with Gasteiger partial charge >= 0.3 is 0 Å². The summed E-state index contributed by atoms with van der Waals surface area (Å²) in [5, 5.41) is 9.56. The third-order valence-corrected chi connectivity index (χ3v) is 5.19. The van der Waals surface area contributed by atoms with Crippen LogP contribution in [0.1, 0.15) is 24.3 Å². The molecule has 0 aliphatic carbocycles. The van der Waals surface area contributed by atoms with Crippen LogP contribution in [-0.2, 0) is 4.79 Å². The highest BCUT2D eigenvalue weighted by Gasteiger charge is 2.34. The number of rotatable bonds is 2. The number of benzene rings is 2. The second kappa shape index (κ2) is 7.41. The van der Waals surface area contributed by atoms with Gasteiger partial charge in [-0.05, 0) is 37.4 Å². The number of carbonyl (C=O) groups is 1. The van der Waals surface area contributed by atoms with Crippen molar-refractivity contribution in [2.24, 2.45) is 0 Å². The molecular weight excluding hydrogens is 396 g/mol. The first-order valence-corrected chi connectivity index (χ1v) is 10.2. The van der Waals surface area contributed by atoms with Gasteiger partial charge in [0.2, 0.25) is 23.2 Å². The normalized spacial score (nSPS) is 15.3. The molecule has 6 nitrogen and oxygen atoms in total. The molecule has 4 rings (SSSR count). The van der Waals surface area contributed by atoms with Gasteiger partial charge in [-0.3, -0.25) is 9.69 Å². The summed E-state index contributed by atoms with van der Waals surface area (Å²) in [6, 6.07) is 13.1. The van der Waals surface area contributed by atoms with Gasteiger partial charge in [0.15, 0.2) is 5.69 Å². The number of hydrogen-bond donors (Lipinski definition) is 0. The zero-order valence-electron chi connectivity index (χ0n) is 15.5. The first-order valence-electron chi connectivity index (χ1n) is 8.59. The molecule has 8 heteroatoms. The van der Waals surface area contributed by atoms with Crippen molar-refractivity contribution in [3.63, 3.8) is 0 Å². The van der Waals surface area contributed by atoms with E-state index >= 15 is 0 Å². The number of carbonyl (C=O) groups excluding carboxylic acids is 1. The predicted octanol–water partition coefficient (Wildman–Crippen LogP) is 4.67. The summed E-state index contributed by atoms with van der Waals surface area (Å²) in [6.07, 6.45) is 1.14. The predicted molar refractivity (Wildman–Crippen MR) is 110 cm³/mol.